The molecule has 57 heavy (non-hydrogen) atoms. The number of rotatable bonds is 5. The van der Waals surface area contributed by atoms with E-state index in [2.05, 4.69) is 205 Å². The van der Waals surface area contributed by atoms with Gasteiger partial charge in [0.15, 0.2) is 0 Å². The number of nitrogens with zero attached hydrogens (tertiary/aromatic N) is 3. The molecule has 1 aliphatic rings. The predicted molar refractivity (Wildman–Crippen MR) is 243 cm³/mol. The summed E-state index contributed by atoms with van der Waals surface area (Å²) >= 11 is -1.91. The van der Waals surface area contributed by atoms with Crippen molar-refractivity contribution in [2.75, 3.05) is 0 Å². The second-order valence-corrected chi connectivity index (χ2v) is 23.7. The number of benzene rings is 8. The molecule has 0 radical (unpaired) electrons. The molecule has 0 aliphatic carbocycles. The molecule has 4 heterocycles. The van der Waals surface area contributed by atoms with Crippen molar-refractivity contribution in [2.45, 2.75) is 0 Å². The van der Waals surface area contributed by atoms with Gasteiger partial charge >= 0.3 is 338 Å². The van der Waals surface area contributed by atoms with Crippen molar-refractivity contribution in [2.24, 2.45) is 0 Å². The third-order valence-electron chi connectivity index (χ3n) is 11.9. The molecule has 11 aromatic rings. The van der Waals surface area contributed by atoms with Gasteiger partial charge in [-0.1, -0.05) is 0 Å². The molecule has 8 aromatic carbocycles. The average Bonchev–Trinajstić information content (AvgIpc) is 3.92. The van der Waals surface area contributed by atoms with Gasteiger partial charge in [-0.2, -0.15) is 0 Å². The van der Waals surface area contributed by atoms with Crippen molar-refractivity contribution < 1.29 is 0 Å². The summed E-state index contributed by atoms with van der Waals surface area (Å²) in [4.78, 5) is 11.3. The van der Waals surface area contributed by atoms with E-state index in [0.29, 0.717) is 0 Å². The first-order chi connectivity index (χ1) is 28.3. The van der Waals surface area contributed by atoms with Crippen LogP contribution in [0.3, 0.4) is 0 Å². The molecule has 0 saturated heterocycles. The van der Waals surface area contributed by atoms with Crippen molar-refractivity contribution >= 4 is 84.2 Å². The zero-order chi connectivity index (χ0) is 37.5. The van der Waals surface area contributed by atoms with Gasteiger partial charge in [0.05, 0.1) is 0 Å². The van der Waals surface area contributed by atoms with E-state index >= 15 is 0 Å². The van der Waals surface area contributed by atoms with Gasteiger partial charge in [-0.3, -0.25) is 0 Å². The van der Waals surface area contributed by atoms with Crippen LogP contribution in [0.1, 0.15) is 0 Å². The first kappa shape index (κ1) is 32.6. The molecule has 0 fully saturated rings. The van der Waals surface area contributed by atoms with Crippen molar-refractivity contribution in [3.63, 3.8) is 0 Å². The van der Waals surface area contributed by atoms with Crippen molar-refractivity contribution in [1.29, 1.82) is 0 Å². The molecule has 0 N–H and O–H groups in total. The standard InChI is InChI=1S/C52H33GeN3S/c1-4-18-34(19-5-1)52-54-50-39-26-10-14-28-43(39)53(35-20-6-2-7-21-35,36-22-8-3-9-23-36)49(50)51(55-52)40-27-12-16-30-45(40)56-44-29-15-11-24-37(44)41-33-48-42(32-46(41)56)38-25-13-17-31-47(38)57-48/h1-33H. The van der Waals surface area contributed by atoms with E-state index in [9.17, 15) is 0 Å². The molecular formula is C52H33GeN3S. The van der Waals surface area contributed by atoms with Crippen LogP contribution in [-0.2, 0) is 0 Å². The fraction of sp³-hybridized carbons (Fsp3) is 0. The van der Waals surface area contributed by atoms with E-state index in [0.717, 1.165) is 34.0 Å². The van der Waals surface area contributed by atoms with Crippen molar-refractivity contribution in [3.05, 3.63) is 200 Å². The third kappa shape index (κ3) is 4.72. The van der Waals surface area contributed by atoms with Gasteiger partial charge < -0.3 is 0 Å². The Balaban J connectivity index is 1.24. The van der Waals surface area contributed by atoms with Gasteiger partial charge in [-0.25, -0.2) is 0 Å². The zero-order valence-electron chi connectivity index (χ0n) is 30.8. The van der Waals surface area contributed by atoms with Crippen LogP contribution in [0.5, 0.6) is 0 Å². The summed E-state index contributed by atoms with van der Waals surface area (Å²) in [5.41, 5.74) is 8.84. The van der Waals surface area contributed by atoms with Crippen LogP contribution in [0.4, 0.5) is 0 Å². The average molecular weight is 805 g/mol. The topological polar surface area (TPSA) is 30.7 Å². The van der Waals surface area contributed by atoms with Crippen molar-refractivity contribution in [3.8, 4) is 39.6 Å². The fourth-order valence-electron chi connectivity index (χ4n) is 9.53. The summed E-state index contributed by atoms with van der Waals surface area (Å²) in [5.74, 6) is 0.738. The van der Waals surface area contributed by atoms with Gasteiger partial charge in [0.25, 0.3) is 0 Å². The number of aromatic nitrogens is 3. The fourth-order valence-corrected chi connectivity index (χ4v) is 21.6. The van der Waals surface area contributed by atoms with Crippen LogP contribution in [-0.4, -0.2) is 27.8 Å². The monoisotopic (exact) mass is 805 g/mol. The molecule has 5 heteroatoms. The Morgan fingerprint density at radius 3 is 1.75 bits per heavy atom. The normalized spacial score (nSPS) is 13.1. The van der Waals surface area contributed by atoms with Gasteiger partial charge in [-0.15, -0.1) is 0 Å². The second kappa shape index (κ2) is 12.7. The summed E-state index contributed by atoms with van der Waals surface area (Å²) in [6.45, 7) is 0. The Kier molecular flexibility index (Phi) is 7.28. The molecule has 0 unspecified atom stereocenters. The molecule has 3 aromatic heterocycles. The molecule has 266 valence electrons. The van der Waals surface area contributed by atoms with E-state index in [-0.39, 0.29) is 0 Å². The Hall–Kier alpha value is -6.60. The van der Waals surface area contributed by atoms with Crippen LogP contribution >= 0.6 is 11.3 Å². The Bertz CT molecular complexity index is 3310. The summed E-state index contributed by atoms with van der Waals surface area (Å²) in [5, 5.41) is 5.08. The van der Waals surface area contributed by atoms with Gasteiger partial charge in [-0.05, 0) is 0 Å². The number of hydrogen-bond donors (Lipinski definition) is 0. The van der Waals surface area contributed by atoms with E-state index in [1.807, 2.05) is 11.3 Å². The van der Waals surface area contributed by atoms with Crippen molar-refractivity contribution in [1.82, 2.24) is 14.5 Å². The molecule has 0 amide bonds. The molecule has 0 bridgehead atoms. The summed E-state index contributed by atoms with van der Waals surface area (Å²) in [6, 6.07) is 73.4. The molecule has 0 atom stereocenters. The van der Waals surface area contributed by atoms with Gasteiger partial charge in [0.2, 0.25) is 0 Å². The molecule has 0 spiro atoms. The summed E-state index contributed by atoms with van der Waals surface area (Å²) in [7, 11) is 0. The predicted octanol–water partition coefficient (Wildman–Crippen LogP) is 10.6. The maximum atomic E-state index is 5.75. The minimum atomic E-state index is -3.79. The Morgan fingerprint density at radius 1 is 0.421 bits per heavy atom. The van der Waals surface area contributed by atoms with E-state index in [1.165, 1.54) is 65.1 Å². The summed E-state index contributed by atoms with van der Waals surface area (Å²) < 4.78 is 10.5. The SMILES string of the molecule is c1ccc(-c2nc(-c3ccccc3-n3c4ccccc4c4cc5sc6ccccc6c5cc43)[c]3c(n2)-c2cccc[c]2[Ge]3([c]2ccccc2)[c]2ccccc2)cc1. The number of hydrogen-bond acceptors (Lipinski definition) is 3. The number of thiophene rings is 1. The van der Waals surface area contributed by atoms with E-state index < -0.39 is 13.3 Å². The van der Waals surface area contributed by atoms with Crippen LogP contribution in [0, 0.1) is 0 Å². The quantitative estimate of drug-likeness (QED) is 0.162. The van der Waals surface area contributed by atoms with Gasteiger partial charge in [0.1, 0.15) is 0 Å². The zero-order valence-corrected chi connectivity index (χ0v) is 33.7. The Morgan fingerprint density at radius 2 is 1.00 bits per heavy atom. The van der Waals surface area contributed by atoms with Crippen LogP contribution in [0.2, 0.25) is 0 Å². The molecular weight excluding hydrogens is 771 g/mol. The Labute approximate surface area is 336 Å². The minimum absolute atomic E-state index is 0.738. The third-order valence-corrected chi connectivity index (χ3v) is 23.2. The van der Waals surface area contributed by atoms with Crippen LogP contribution in [0.15, 0.2) is 200 Å². The number of para-hydroxylation sites is 2. The molecule has 0 saturated carbocycles. The van der Waals surface area contributed by atoms with Crippen LogP contribution in [0.25, 0.3) is 81.6 Å². The van der Waals surface area contributed by atoms with E-state index in [4.69, 9.17) is 9.97 Å². The first-order valence-electron chi connectivity index (χ1n) is 19.4. The first-order valence-corrected chi connectivity index (χ1v) is 24.4. The van der Waals surface area contributed by atoms with Crippen LogP contribution < -0.4 is 17.6 Å². The van der Waals surface area contributed by atoms with Gasteiger partial charge in [0, 0.05) is 0 Å². The second-order valence-electron chi connectivity index (χ2n) is 14.8. The maximum absolute atomic E-state index is 5.75. The molecule has 3 nitrogen and oxygen atoms in total. The number of fused-ring (bicyclic) bond motifs is 9. The molecule has 1 aliphatic heterocycles. The van der Waals surface area contributed by atoms with E-state index in [1.54, 1.807) is 0 Å². The molecule has 12 rings (SSSR count). The summed E-state index contributed by atoms with van der Waals surface area (Å²) in [6.07, 6.45) is 0.